The van der Waals surface area contributed by atoms with Crippen LogP contribution >= 0.6 is 0 Å². The van der Waals surface area contributed by atoms with Gasteiger partial charge in [-0.1, -0.05) is 18.2 Å². The normalized spacial score (nSPS) is 12.1. The average Bonchev–Trinajstić information content (AvgIpc) is 2.19. The Kier molecular flexibility index (Phi) is 3.94. The van der Waals surface area contributed by atoms with Crippen LogP contribution in [0.2, 0.25) is 0 Å². The zero-order valence-corrected chi connectivity index (χ0v) is 7.59. The first kappa shape index (κ1) is 10.5. The van der Waals surface area contributed by atoms with Gasteiger partial charge in [-0.3, -0.25) is 0 Å². The Labute approximate surface area is 81.8 Å². The van der Waals surface area contributed by atoms with Crippen LogP contribution in [0.4, 0.5) is 0 Å². The lowest BCUT2D eigenvalue weighted by Crippen LogP contribution is -2.21. The first-order valence-corrected chi connectivity index (χ1v) is 4.29. The highest BCUT2D eigenvalue weighted by molar-refractivity contribution is 5.71. The molecule has 1 aromatic rings. The number of carboxylic acids is 1. The number of rotatable bonds is 5. The average molecular weight is 196 g/mol. The zero-order valence-electron chi connectivity index (χ0n) is 7.59. The summed E-state index contributed by atoms with van der Waals surface area (Å²) in [6.45, 7) is 0.192. The van der Waals surface area contributed by atoms with Crippen molar-refractivity contribution in [1.82, 2.24) is 0 Å². The van der Waals surface area contributed by atoms with Gasteiger partial charge >= 0.3 is 5.97 Å². The lowest BCUT2D eigenvalue weighted by molar-refractivity contribution is -0.147. The van der Waals surface area contributed by atoms with Gasteiger partial charge in [0.2, 0.25) is 0 Å². The summed E-state index contributed by atoms with van der Waals surface area (Å²) in [7, 11) is 0. The van der Waals surface area contributed by atoms with Gasteiger partial charge in [0.1, 0.15) is 5.75 Å². The Morgan fingerprint density at radius 3 is 2.57 bits per heavy atom. The van der Waals surface area contributed by atoms with Crippen LogP contribution in [0.1, 0.15) is 6.42 Å². The fourth-order valence-corrected chi connectivity index (χ4v) is 0.929. The molecule has 0 radical (unpaired) electrons. The monoisotopic (exact) mass is 196 g/mol. The quantitative estimate of drug-likeness (QED) is 0.734. The van der Waals surface area contributed by atoms with Crippen molar-refractivity contribution in [1.29, 1.82) is 0 Å². The Hall–Kier alpha value is -1.55. The third kappa shape index (κ3) is 3.45. The zero-order chi connectivity index (χ0) is 10.4. The van der Waals surface area contributed by atoms with Crippen molar-refractivity contribution in [3.05, 3.63) is 30.3 Å². The predicted molar refractivity (Wildman–Crippen MR) is 50.2 cm³/mol. The van der Waals surface area contributed by atoms with Crippen molar-refractivity contribution < 1.29 is 19.7 Å². The highest BCUT2D eigenvalue weighted by Crippen LogP contribution is 2.08. The van der Waals surface area contributed by atoms with Crippen molar-refractivity contribution in [3.63, 3.8) is 0 Å². The SMILES string of the molecule is O=C(O)C(O)CCOc1ccccc1. The fourth-order valence-electron chi connectivity index (χ4n) is 0.929. The van der Waals surface area contributed by atoms with Crippen LogP contribution in [-0.4, -0.2) is 28.9 Å². The van der Waals surface area contributed by atoms with E-state index in [0.29, 0.717) is 5.75 Å². The molecule has 76 valence electrons. The standard InChI is InChI=1S/C10H12O4/c11-9(10(12)13)6-7-14-8-4-2-1-3-5-8/h1-5,9,11H,6-7H2,(H,12,13). The second-order valence-electron chi connectivity index (χ2n) is 2.80. The van der Waals surface area contributed by atoms with E-state index in [2.05, 4.69) is 0 Å². The largest absolute Gasteiger partial charge is 0.493 e. The summed E-state index contributed by atoms with van der Waals surface area (Å²) in [5.74, 6) is -0.549. The smallest absolute Gasteiger partial charge is 0.332 e. The molecule has 0 saturated carbocycles. The molecule has 0 fully saturated rings. The summed E-state index contributed by atoms with van der Waals surface area (Å²) in [5, 5.41) is 17.3. The number of aliphatic hydroxyl groups excluding tert-OH is 1. The molecular formula is C10H12O4. The summed E-state index contributed by atoms with van der Waals surface area (Å²) in [5.41, 5.74) is 0. The maximum Gasteiger partial charge on any atom is 0.332 e. The van der Waals surface area contributed by atoms with Crippen LogP contribution in [-0.2, 0) is 4.79 Å². The van der Waals surface area contributed by atoms with E-state index in [1.807, 2.05) is 18.2 Å². The van der Waals surface area contributed by atoms with Crippen LogP contribution in [0, 0.1) is 0 Å². The van der Waals surface area contributed by atoms with Gasteiger partial charge in [0, 0.05) is 6.42 Å². The van der Waals surface area contributed by atoms with Crippen LogP contribution in [0.15, 0.2) is 30.3 Å². The molecule has 1 atom stereocenters. The molecule has 0 aliphatic carbocycles. The molecule has 1 unspecified atom stereocenters. The molecule has 0 aliphatic rings. The van der Waals surface area contributed by atoms with E-state index in [9.17, 15) is 4.79 Å². The molecule has 14 heavy (non-hydrogen) atoms. The lowest BCUT2D eigenvalue weighted by Gasteiger charge is -2.07. The van der Waals surface area contributed by atoms with Gasteiger partial charge in [-0.05, 0) is 12.1 Å². The van der Waals surface area contributed by atoms with Crippen molar-refractivity contribution in [2.45, 2.75) is 12.5 Å². The second kappa shape index (κ2) is 5.24. The van der Waals surface area contributed by atoms with E-state index in [4.69, 9.17) is 14.9 Å². The maximum absolute atomic E-state index is 10.2. The Morgan fingerprint density at radius 2 is 2.00 bits per heavy atom. The van der Waals surface area contributed by atoms with Crippen molar-refractivity contribution >= 4 is 5.97 Å². The minimum absolute atomic E-state index is 0.0875. The minimum Gasteiger partial charge on any atom is -0.493 e. The van der Waals surface area contributed by atoms with Crippen LogP contribution < -0.4 is 4.74 Å². The van der Waals surface area contributed by atoms with Crippen LogP contribution in [0.3, 0.4) is 0 Å². The number of para-hydroxylation sites is 1. The number of aliphatic hydroxyl groups is 1. The van der Waals surface area contributed by atoms with E-state index in [-0.39, 0.29) is 13.0 Å². The third-order valence-corrected chi connectivity index (χ3v) is 1.69. The number of carboxylic acid groups (broad SMARTS) is 1. The molecule has 0 amide bonds. The Balaban J connectivity index is 2.26. The van der Waals surface area contributed by atoms with E-state index in [1.54, 1.807) is 12.1 Å². The van der Waals surface area contributed by atoms with E-state index in [0.717, 1.165) is 0 Å². The molecule has 0 saturated heterocycles. The molecule has 1 rings (SSSR count). The van der Waals surface area contributed by atoms with Crippen molar-refractivity contribution in [2.75, 3.05) is 6.61 Å². The molecule has 4 heteroatoms. The summed E-state index contributed by atoms with van der Waals surface area (Å²) >= 11 is 0. The first-order chi connectivity index (χ1) is 6.70. The molecule has 0 bridgehead atoms. The third-order valence-electron chi connectivity index (χ3n) is 1.69. The molecular weight excluding hydrogens is 184 g/mol. The van der Waals surface area contributed by atoms with E-state index >= 15 is 0 Å². The summed E-state index contributed by atoms with van der Waals surface area (Å²) in [6.07, 6.45) is -1.26. The number of hydrogen-bond acceptors (Lipinski definition) is 3. The minimum atomic E-state index is -1.35. The van der Waals surface area contributed by atoms with Gasteiger partial charge in [-0.15, -0.1) is 0 Å². The van der Waals surface area contributed by atoms with Crippen LogP contribution in [0.5, 0.6) is 5.75 Å². The molecule has 1 aromatic carbocycles. The topological polar surface area (TPSA) is 66.8 Å². The summed E-state index contributed by atoms with van der Waals surface area (Å²) < 4.78 is 5.20. The molecule has 0 heterocycles. The Morgan fingerprint density at radius 1 is 1.36 bits per heavy atom. The van der Waals surface area contributed by atoms with Gasteiger partial charge in [-0.2, -0.15) is 0 Å². The molecule has 2 N–H and O–H groups in total. The first-order valence-electron chi connectivity index (χ1n) is 4.29. The summed E-state index contributed by atoms with van der Waals surface area (Å²) in [4.78, 5) is 10.2. The van der Waals surface area contributed by atoms with Gasteiger partial charge < -0.3 is 14.9 Å². The van der Waals surface area contributed by atoms with Crippen molar-refractivity contribution in [3.8, 4) is 5.75 Å². The lowest BCUT2D eigenvalue weighted by atomic mass is 10.3. The number of carbonyl (C=O) groups is 1. The van der Waals surface area contributed by atoms with E-state index < -0.39 is 12.1 Å². The van der Waals surface area contributed by atoms with Gasteiger partial charge in [0.25, 0.3) is 0 Å². The molecule has 0 aliphatic heterocycles. The highest BCUT2D eigenvalue weighted by Gasteiger charge is 2.12. The number of aliphatic carboxylic acids is 1. The van der Waals surface area contributed by atoms with Crippen molar-refractivity contribution in [2.24, 2.45) is 0 Å². The number of ether oxygens (including phenoxy) is 1. The second-order valence-corrected chi connectivity index (χ2v) is 2.80. The molecule has 0 aromatic heterocycles. The van der Waals surface area contributed by atoms with Gasteiger partial charge in [0.05, 0.1) is 6.61 Å². The fraction of sp³-hybridized carbons (Fsp3) is 0.300. The number of hydrogen-bond donors (Lipinski definition) is 2. The predicted octanol–water partition coefficient (Wildman–Crippen LogP) is 0.901. The molecule has 4 nitrogen and oxygen atoms in total. The van der Waals surface area contributed by atoms with Gasteiger partial charge in [0.15, 0.2) is 6.10 Å². The van der Waals surface area contributed by atoms with Gasteiger partial charge in [-0.25, -0.2) is 4.79 Å². The maximum atomic E-state index is 10.2. The summed E-state index contributed by atoms with van der Waals surface area (Å²) in [6, 6.07) is 9.05. The Bertz CT molecular complexity index is 283. The molecule has 0 spiro atoms. The number of benzene rings is 1. The van der Waals surface area contributed by atoms with E-state index in [1.165, 1.54) is 0 Å². The van der Waals surface area contributed by atoms with Crippen LogP contribution in [0.25, 0.3) is 0 Å². The highest BCUT2D eigenvalue weighted by atomic mass is 16.5.